The molecule has 2 aromatic carbocycles. The minimum absolute atomic E-state index is 0.219. The Bertz CT molecular complexity index is 769. The molecular formula is C15H9FN2O3. The van der Waals surface area contributed by atoms with E-state index >= 15 is 0 Å². The second kappa shape index (κ2) is 4.82. The van der Waals surface area contributed by atoms with Crippen LogP contribution in [0.2, 0.25) is 0 Å². The average molecular weight is 284 g/mol. The maximum Gasteiger partial charge on any atom is 0.259 e. The number of hydrogen-bond acceptors (Lipinski definition) is 3. The highest BCUT2D eigenvalue weighted by atomic mass is 19.1. The molecule has 5 nitrogen and oxygen atoms in total. The fourth-order valence-electron chi connectivity index (χ4n) is 2.05. The van der Waals surface area contributed by atoms with Crippen molar-refractivity contribution in [3.63, 3.8) is 0 Å². The van der Waals surface area contributed by atoms with E-state index in [0.29, 0.717) is 5.69 Å². The van der Waals surface area contributed by atoms with Crippen LogP contribution < -0.4 is 10.6 Å². The standard InChI is InChI=1S/C15H9FN2O3/c16-9-3-1-8(2-4-9)13(19)17-10-5-6-11-12(7-10)15(21)18-14(11)20/h1-7H,(H,17,19)(H,18,20,21). The Morgan fingerprint density at radius 2 is 1.62 bits per heavy atom. The maximum atomic E-state index is 12.8. The Morgan fingerprint density at radius 1 is 0.952 bits per heavy atom. The van der Waals surface area contributed by atoms with Gasteiger partial charge in [0.15, 0.2) is 0 Å². The number of carbonyl (C=O) groups excluding carboxylic acids is 3. The van der Waals surface area contributed by atoms with Gasteiger partial charge in [-0.25, -0.2) is 4.39 Å². The predicted molar refractivity (Wildman–Crippen MR) is 72.6 cm³/mol. The van der Waals surface area contributed by atoms with Crippen molar-refractivity contribution in [3.8, 4) is 0 Å². The van der Waals surface area contributed by atoms with Gasteiger partial charge >= 0.3 is 0 Å². The molecule has 0 bridgehead atoms. The van der Waals surface area contributed by atoms with Gasteiger partial charge in [-0.1, -0.05) is 0 Å². The van der Waals surface area contributed by atoms with E-state index in [1.165, 1.54) is 42.5 Å². The Hall–Kier alpha value is -3.02. The van der Waals surface area contributed by atoms with Crippen molar-refractivity contribution < 1.29 is 18.8 Å². The zero-order valence-corrected chi connectivity index (χ0v) is 10.6. The Morgan fingerprint density at radius 3 is 2.33 bits per heavy atom. The lowest BCUT2D eigenvalue weighted by molar-refractivity contribution is 0.0878. The van der Waals surface area contributed by atoms with Crippen molar-refractivity contribution in [1.29, 1.82) is 0 Å². The first-order chi connectivity index (χ1) is 10.0. The minimum atomic E-state index is -0.493. The summed E-state index contributed by atoms with van der Waals surface area (Å²) in [6.07, 6.45) is 0. The van der Waals surface area contributed by atoms with Gasteiger partial charge in [-0.3, -0.25) is 19.7 Å². The zero-order chi connectivity index (χ0) is 15.0. The van der Waals surface area contributed by atoms with Crippen LogP contribution in [0.15, 0.2) is 42.5 Å². The topological polar surface area (TPSA) is 75.3 Å². The summed E-state index contributed by atoms with van der Waals surface area (Å²) >= 11 is 0. The van der Waals surface area contributed by atoms with Crippen molar-refractivity contribution in [3.05, 3.63) is 65.0 Å². The smallest absolute Gasteiger partial charge is 0.259 e. The molecule has 6 heteroatoms. The first kappa shape index (κ1) is 13.0. The highest BCUT2D eigenvalue weighted by molar-refractivity contribution is 6.22. The summed E-state index contributed by atoms with van der Waals surface area (Å²) in [6.45, 7) is 0. The monoisotopic (exact) mass is 284 g/mol. The first-order valence-corrected chi connectivity index (χ1v) is 6.11. The zero-order valence-electron chi connectivity index (χ0n) is 10.6. The largest absolute Gasteiger partial charge is 0.322 e. The van der Waals surface area contributed by atoms with Gasteiger partial charge in [-0.2, -0.15) is 0 Å². The summed E-state index contributed by atoms with van der Waals surface area (Å²) in [6, 6.07) is 9.50. The normalized spacial score (nSPS) is 12.8. The van der Waals surface area contributed by atoms with Gasteiger partial charge in [0.25, 0.3) is 17.7 Å². The number of amides is 3. The SMILES string of the molecule is O=C(Nc1ccc2c(c1)C(=O)NC2=O)c1ccc(F)cc1. The molecule has 1 aliphatic heterocycles. The molecule has 1 aliphatic rings. The van der Waals surface area contributed by atoms with Gasteiger partial charge in [-0.15, -0.1) is 0 Å². The number of anilines is 1. The van der Waals surface area contributed by atoms with Crippen LogP contribution in [-0.2, 0) is 0 Å². The molecule has 2 aromatic rings. The molecule has 0 aliphatic carbocycles. The Labute approximate surface area is 118 Å². The summed E-state index contributed by atoms with van der Waals surface area (Å²) in [5.41, 5.74) is 1.17. The van der Waals surface area contributed by atoms with E-state index < -0.39 is 23.5 Å². The van der Waals surface area contributed by atoms with Crippen molar-refractivity contribution >= 4 is 23.4 Å². The van der Waals surface area contributed by atoms with Gasteiger partial charge in [0.2, 0.25) is 0 Å². The molecule has 3 rings (SSSR count). The maximum absolute atomic E-state index is 12.8. The van der Waals surface area contributed by atoms with Crippen molar-refractivity contribution in [2.24, 2.45) is 0 Å². The van der Waals surface area contributed by atoms with Crippen molar-refractivity contribution in [1.82, 2.24) is 5.32 Å². The van der Waals surface area contributed by atoms with Gasteiger partial charge in [-0.05, 0) is 42.5 Å². The molecule has 0 saturated heterocycles. The summed E-state index contributed by atoms with van der Waals surface area (Å²) in [4.78, 5) is 34.9. The van der Waals surface area contributed by atoms with E-state index in [1.54, 1.807) is 0 Å². The van der Waals surface area contributed by atoms with Gasteiger partial charge < -0.3 is 5.32 Å². The molecule has 3 amide bonds. The van der Waals surface area contributed by atoms with Crippen molar-refractivity contribution in [2.45, 2.75) is 0 Å². The summed E-state index contributed by atoms with van der Waals surface area (Å²) in [7, 11) is 0. The lowest BCUT2D eigenvalue weighted by Gasteiger charge is -2.06. The molecule has 0 saturated carbocycles. The predicted octanol–water partition coefficient (Wildman–Crippen LogP) is 1.96. The molecule has 0 fully saturated rings. The second-order valence-electron chi connectivity index (χ2n) is 4.50. The van der Waals surface area contributed by atoms with Crippen LogP contribution in [0, 0.1) is 5.82 Å². The van der Waals surface area contributed by atoms with Gasteiger partial charge in [0.05, 0.1) is 11.1 Å². The number of rotatable bonds is 2. The van der Waals surface area contributed by atoms with Crippen LogP contribution >= 0.6 is 0 Å². The fraction of sp³-hybridized carbons (Fsp3) is 0. The van der Waals surface area contributed by atoms with Crippen LogP contribution in [0.5, 0.6) is 0 Å². The molecule has 104 valence electrons. The number of carbonyl (C=O) groups is 3. The molecule has 2 N–H and O–H groups in total. The van der Waals surface area contributed by atoms with Crippen molar-refractivity contribution in [2.75, 3.05) is 5.32 Å². The summed E-state index contributed by atoms with van der Waals surface area (Å²) < 4.78 is 12.8. The third-order valence-electron chi connectivity index (χ3n) is 3.10. The van der Waals surface area contributed by atoms with Crippen LogP contribution in [0.3, 0.4) is 0 Å². The van der Waals surface area contributed by atoms with Crippen LogP contribution in [0.4, 0.5) is 10.1 Å². The molecular weight excluding hydrogens is 275 g/mol. The molecule has 0 unspecified atom stereocenters. The number of hydrogen-bond donors (Lipinski definition) is 2. The molecule has 21 heavy (non-hydrogen) atoms. The summed E-state index contributed by atoms with van der Waals surface area (Å²) in [5, 5.41) is 4.76. The Balaban J connectivity index is 1.84. The van der Waals surface area contributed by atoms with E-state index in [4.69, 9.17) is 0 Å². The fourth-order valence-corrected chi connectivity index (χ4v) is 2.05. The number of nitrogens with one attached hydrogen (secondary N) is 2. The lowest BCUT2D eigenvalue weighted by Crippen LogP contribution is -2.19. The van der Waals surface area contributed by atoms with E-state index in [2.05, 4.69) is 10.6 Å². The molecule has 1 heterocycles. The number of fused-ring (bicyclic) bond motifs is 1. The second-order valence-corrected chi connectivity index (χ2v) is 4.50. The van der Waals surface area contributed by atoms with Crippen LogP contribution in [-0.4, -0.2) is 17.7 Å². The average Bonchev–Trinajstić information content (AvgIpc) is 2.74. The van der Waals surface area contributed by atoms with Gasteiger partial charge in [0.1, 0.15) is 5.82 Å². The Kier molecular flexibility index (Phi) is 2.98. The van der Waals surface area contributed by atoms with Gasteiger partial charge in [0, 0.05) is 11.3 Å². The minimum Gasteiger partial charge on any atom is -0.322 e. The first-order valence-electron chi connectivity index (χ1n) is 6.11. The number of benzene rings is 2. The van der Waals surface area contributed by atoms with E-state index in [0.717, 1.165) is 0 Å². The molecule has 0 radical (unpaired) electrons. The number of imide groups is 1. The lowest BCUT2D eigenvalue weighted by atomic mass is 10.1. The van der Waals surface area contributed by atoms with E-state index in [9.17, 15) is 18.8 Å². The third-order valence-corrected chi connectivity index (χ3v) is 3.10. The van der Waals surface area contributed by atoms with Crippen LogP contribution in [0.25, 0.3) is 0 Å². The molecule has 0 spiro atoms. The number of halogens is 1. The van der Waals surface area contributed by atoms with Crippen LogP contribution in [0.1, 0.15) is 31.1 Å². The summed E-state index contributed by atoms with van der Waals surface area (Å²) in [5.74, 6) is -1.81. The molecule has 0 aromatic heterocycles. The highest BCUT2D eigenvalue weighted by Gasteiger charge is 2.26. The molecule has 0 atom stereocenters. The quantitative estimate of drug-likeness (QED) is 0.828. The van der Waals surface area contributed by atoms with E-state index in [1.807, 2.05) is 0 Å². The highest BCUT2D eigenvalue weighted by Crippen LogP contribution is 2.20. The third kappa shape index (κ3) is 2.38. The van der Waals surface area contributed by atoms with E-state index in [-0.39, 0.29) is 16.7 Å².